The molecule has 0 aliphatic heterocycles. The summed E-state index contributed by atoms with van der Waals surface area (Å²) in [6, 6.07) is 0. The van der Waals surface area contributed by atoms with Crippen molar-refractivity contribution in [1.29, 1.82) is 0 Å². The van der Waals surface area contributed by atoms with Crippen molar-refractivity contribution in [3.63, 3.8) is 0 Å². The van der Waals surface area contributed by atoms with Crippen LogP contribution in [0.25, 0.3) is 0 Å². The smallest absolute Gasteiger partial charge is 0.211 e. The fraction of sp³-hybridized carbons (Fsp3) is 0.917. The summed E-state index contributed by atoms with van der Waals surface area (Å²) in [6.07, 6.45) is 1.87. The van der Waals surface area contributed by atoms with Crippen molar-refractivity contribution >= 4 is 35.1 Å². The number of hydrogen-bond acceptors (Lipinski definition) is 4. The minimum atomic E-state index is -2.04. The third-order valence-electron chi connectivity index (χ3n) is 1.71. The quantitative estimate of drug-likeness (QED) is 0.391. The fourth-order valence-corrected chi connectivity index (χ4v) is 6.22. The first-order chi connectivity index (χ1) is 8.25. The van der Waals surface area contributed by atoms with Crippen LogP contribution in [0.3, 0.4) is 0 Å². The van der Waals surface area contributed by atoms with Crippen LogP contribution in [0.2, 0.25) is 0 Å². The van der Waals surface area contributed by atoms with Gasteiger partial charge in [0.25, 0.3) is 0 Å². The lowest BCUT2D eigenvalue weighted by atomic mass is 10.2. The molecule has 0 saturated carbocycles. The van der Waals surface area contributed by atoms with Crippen LogP contribution in [0, 0.1) is 11.8 Å². The molecule has 0 saturated heterocycles. The van der Waals surface area contributed by atoms with E-state index in [1.54, 1.807) is 17.7 Å². The summed E-state index contributed by atoms with van der Waals surface area (Å²) in [5.74, 6) is 2.19. The highest BCUT2D eigenvalue weighted by atomic mass is 32.9. The van der Waals surface area contributed by atoms with Crippen LogP contribution < -0.4 is 5.09 Å². The normalized spacial score (nSPS) is 15.8. The van der Waals surface area contributed by atoms with Crippen LogP contribution in [0.15, 0.2) is 4.99 Å². The van der Waals surface area contributed by atoms with Crippen LogP contribution >= 0.6 is 17.0 Å². The van der Waals surface area contributed by atoms with Gasteiger partial charge >= 0.3 is 0 Å². The van der Waals surface area contributed by atoms with E-state index in [1.807, 2.05) is 13.8 Å². The van der Waals surface area contributed by atoms with E-state index in [9.17, 15) is 0 Å². The van der Waals surface area contributed by atoms with Crippen molar-refractivity contribution in [2.75, 3.05) is 12.3 Å². The Morgan fingerprint density at radius 3 is 2.28 bits per heavy atom. The molecule has 108 valence electrons. The topological polar surface area (TPSA) is 33.6 Å². The van der Waals surface area contributed by atoms with Gasteiger partial charge in [-0.25, -0.2) is 0 Å². The Hall–Kier alpha value is 0.430. The summed E-state index contributed by atoms with van der Waals surface area (Å²) in [4.78, 5) is 4.32. The number of nitrogens with zero attached hydrogens (tertiary/aromatic N) is 1. The molecule has 0 radical (unpaired) electrons. The van der Waals surface area contributed by atoms with Gasteiger partial charge < -0.3 is 9.61 Å². The largest absolute Gasteiger partial charge is 0.324 e. The highest BCUT2D eigenvalue weighted by molar-refractivity contribution is 8.68. The number of hydrogen-bond donors (Lipinski definition) is 1. The Kier molecular flexibility index (Phi) is 9.58. The summed E-state index contributed by atoms with van der Waals surface area (Å²) < 4.78 is 5.88. The molecule has 3 nitrogen and oxygen atoms in total. The van der Waals surface area contributed by atoms with E-state index in [0.717, 1.165) is 12.3 Å². The fourth-order valence-electron chi connectivity index (χ4n) is 0.998. The molecule has 0 spiro atoms. The van der Waals surface area contributed by atoms with Crippen molar-refractivity contribution in [1.82, 2.24) is 5.09 Å². The van der Waals surface area contributed by atoms with Gasteiger partial charge in [0.15, 0.2) is 0 Å². The molecule has 0 heterocycles. The second kappa shape index (κ2) is 9.35. The van der Waals surface area contributed by atoms with Crippen LogP contribution in [-0.4, -0.2) is 24.7 Å². The van der Waals surface area contributed by atoms with Gasteiger partial charge in [-0.3, -0.25) is 4.99 Å². The lowest BCUT2D eigenvalue weighted by molar-refractivity contribution is 0.274. The molecule has 0 amide bonds. The van der Waals surface area contributed by atoms with E-state index in [0.29, 0.717) is 11.8 Å². The van der Waals surface area contributed by atoms with Crippen molar-refractivity contribution in [2.45, 2.75) is 47.6 Å². The molecule has 0 aliphatic carbocycles. The van der Waals surface area contributed by atoms with Crippen molar-refractivity contribution in [3.8, 4) is 0 Å². The van der Waals surface area contributed by atoms with Gasteiger partial charge in [-0.2, -0.15) is 0 Å². The van der Waals surface area contributed by atoms with Gasteiger partial charge in [0.1, 0.15) is 0 Å². The predicted octanol–water partition coefficient (Wildman–Crippen LogP) is 4.30. The maximum absolute atomic E-state index is 5.88. The zero-order valence-electron chi connectivity index (χ0n) is 12.3. The predicted molar refractivity (Wildman–Crippen MR) is 89.1 cm³/mol. The van der Waals surface area contributed by atoms with E-state index < -0.39 is 5.62 Å². The average molecular weight is 310 g/mol. The molecule has 1 atom stereocenters. The van der Waals surface area contributed by atoms with E-state index in [4.69, 9.17) is 16.3 Å². The first-order valence-electron chi connectivity index (χ1n) is 6.44. The zero-order chi connectivity index (χ0) is 14.2. The Balaban J connectivity index is 4.37. The second-order valence-electron chi connectivity index (χ2n) is 5.36. The molecule has 0 aromatic rings. The molecular formula is C12H27N2OPS2. The molecule has 0 fully saturated rings. The lowest BCUT2D eigenvalue weighted by Gasteiger charge is -2.24. The third kappa shape index (κ3) is 10.4. The van der Waals surface area contributed by atoms with Gasteiger partial charge in [-0.15, -0.1) is 0 Å². The second-order valence-corrected chi connectivity index (χ2v) is 12.0. The Labute approximate surface area is 121 Å². The van der Waals surface area contributed by atoms with E-state index in [2.05, 4.69) is 37.8 Å². The van der Waals surface area contributed by atoms with E-state index in [-0.39, 0.29) is 6.10 Å². The first kappa shape index (κ1) is 18.4. The molecule has 6 heteroatoms. The number of aliphatic imine (C=N–C) groups is 1. The van der Waals surface area contributed by atoms with Crippen LogP contribution in [0.1, 0.15) is 41.5 Å². The molecule has 1 N–H and O–H groups in total. The molecule has 1 unspecified atom stereocenters. The van der Waals surface area contributed by atoms with Crippen molar-refractivity contribution in [2.24, 2.45) is 16.8 Å². The third-order valence-corrected chi connectivity index (χ3v) is 7.56. The maximum Gasteiger partial charge on any atom is 0.211 e. The first-order valence-corrected chi connectivity index (χ1v) is 10.8. The Bertz CT molecular complexity index is 294. The summed E-state index contributed by atoms with van der Waals surface area (Å²) >= 11 is 7.35. The summed E-state index contributed by atoms with van der Waals surface area (Å²) in [5.41, 5.74) is -2.04. The van der Waals surface area contributed by atoms with Gasteiger partial charge in [-0.1, -0.05) is 39.1 Å². The highest BCUT2D eigenvalue weighted by Gasteiger charge is 2.19. The monoisotopic (exact) mass is 310 g/mol. The molecule has 0 aliphatic rings. The standard InChI is InChI=1S/C12H27N2OPS2/c1-10(2)7-13-9-14-16(17,15-12(5)6)18-8-11(3)4/h9-12H,7-8H2,1-6H3,(H,13,14,17). The molecular weight excluding hydrogens is 283 g/mol. The van der Waals surface area contributed by atoms with Crippen LogP contribution in [0.5, 0.6) is 0 Å². The average Bonchev–Trinajstić information content (AvgIpc) is 2.21. The number of rotatable bonds is 9. The highest BCUT2D eigenvalue weighted by Crippen LogP contribution is 2.57. The zero-order valence-corrected chi connectivity index (χ0v) is 14.9. The van der Waals surface area contributed by atoms with Gasteiger partial charge in [0, 0.05) is 12.3 Å². The van der Waals surface area contributed by atoms with Crippen molar-refractivity contribution in [3.05, 3.63) is 0 Å². The molecule has 0 aromatic heterocycles. The Morgan fingerprint density at radius 1 is 1.22 bits per heavy atom. The maximum atomic E-state index is 5.88. The van der Waals surface area contributed by atoms with Crippen LogP contribution in [0.4, 0.5) is 0 Å². The van der Waals surface area contributed by atoms with Gasteiger partial charge in [-0.05, 0) is 37.5 Å². The van der Waals surface area contributed by atoms with Gasteiger partial charge in [0.2, 0.25) is 5.62 Å². The number of nitrogens with one attached hydrogen (secondary N) is 1. The Morgan fingerprint density at radius 2 is 1.83 bits per heavy atom. The van der Waals surface area contributed by atoms with Gasteiger partial charge in [0.05, 0.1) is 12.4 Å². The minimum Gasteiger partial charge on any atom is -0.324 e. The molecule has 18 heavy (non-hydrogen) atoms. The summed E-state index contributed by atoms with van der Waals surface area (Å²) in [6.45, 7) is 13.5. The minimum absolute atomic E-state index is 0.140. The molecule has 0 bridgehead atoms. The van der Waals surface area contributed by atoms with E-state index in [1.165, 1.54) is 0 Å². The molecule has 0 rings (SSSR count). The SMILES string of the molecule is CC(C)CN=CNP(=S)(OC(C)C)SCC(C)C. The van der Waals surface area contributed by atoms with E-state index >= 15 is 0 Å². The lowest BCUT2D eigenvalue weighted by Crippen LogP contribution is -2.13. The van der Waals surface area contributed by atoms with Crippen molar-refractivity contribution < 1.29 is 4.52 Å². The van der Waals surface area contributed by atoms with Crippen LogP contribution in [-0.2, 0) is 16.3 Å². The molecule has 0 aromatic carbocycles. The summed E-state index contributed by atoms with van der Waals surface area (Å²) in [5, 5.41) is 3.21. The summed E-state index contributed by atoms with van der Waals surface area (Å²) in [7, 11) is 0.